The number of nitrogens with one attached hydrogen (secondary N) is 1. The Bertz CT molecular complexity index is 249. The molecule has 0 aliphatic rings. The molecular weight excluding hydrogens is 238 g/mol. The highest BCUT2D eigenvalue weighted by Crippen LogP contribution is 2.17. The Labute approximate surface area is 113 Å². The molecule has 0 aromatic rings. The van der Waals surface area contributed by atoms with E-state index in [2.05, 4.69) is 52.7 Å². The Morgan fingerprint density at radius 1 is 1.18 bits per heavy atom. The van der Waals surface area contributed by atoms with Crippen molar-refractivity contribution < 1.29 is 0 Å². The zero-order valence-electron chi connectivity index (χ0n) is 13.3. The van der Waals surface area contributed by atoms with Gasteiger partial charge in [0.15, 0.2) is 0 Å². The second-order valence-corrected chi connectivity index (χ2v) is 13.4. The second-order valence-electron chi connectivity index (χ2n) is 6.52. The second kappa shape index (κ2) is 7.54. The van der Waals surface area contributed by atoms with Crippen molar-refractivity contribution in [3.63, 3.8) is 0 Å². The molecule has 1 N–H and O–H groups in total. The van der Waals surface area contributed by atoms with Crippen LogP contribution in [0.2, 0.25) is 19.6 Å². The maximum Gasteiger partial charge on any atom is 0.0635 e. The highest BCUT2D eigenvalue weighted by atomic mass is 28.3. The van der Waals surface area contributed by atoms with Crippen LogP contribution in [0.15, 0.2) is 10.8 Å². The van der Waals surface area contributed by atoms with Crippen molar-refractivity contribution in [3.05, 3.63) is 10.8 Å². The van der Waals surface area contributed by atoms with Gasteiger partial charge < -0.3 is 5.32 Å². The lowest BCUT2D eigenvalue weighted by Crippen LogP contribution is -2.52. The van der Waals surface area contributed by atoms with Crippen LogP contribution >= 0.6 is 0 Å². The molecule has 2 unspecified atom stereocenters. The summed E-state index contributed by atoms with van der Waals surface area (Å²) in [6, 6.07) is 0.607. The molecule has 0 aliphatic heterocycles. The van der Waals surface area contributed by atoms with E-state index < -0.39 is 8.07 Å². The molecule has 0 spiro atoms. The molecule has 0 amide bonds. The van der Waals surface area contributed by atoms with Crippen LogP contribution in [0.25, 0.3) is 0 Å². The maximum absolute atomic E-state index is 3.95. The minimum absolute atomic E-state index is 0.607. The lowest BCUT2D eigenvalue weighted by molar-refractivity contribution is 0.494. The van der Waals surface area contributed by atoms with Crippen LogP contribution in [0.3, 0.4) is 0 Å². The van der Waals surface area contributed by atoms with Gasteiger partial charge in [0.2, 0.25) is 0 Å². The Morgan fingerprint density at radius 2 is 1.71 bits per heavy atom. The summed E-state index contributed by atoms with van der Waals surface area (Å²) in [5.74, 6) is 0. The predicted molar refractivity (Wildman–Crippen MR) is 87.6 cm³/mol. The lowest BCUT2D eigenvalue weighted by atomic mass is 10.1. The highest BCUT2D eigenvalue weighted by molar-refractivity contribution is 6.77. The Hall–Kier alpha value is 0.134. The molecular formula is C14H33NSi2. The van der Waals surface area contributed by atoms with Crippen molar-refractivity contribution in [2.24, 2.45) is 0 Å². The summed E-state index contributed by atoms with van der Waals surface area (Å²) in [6.45, 7) is 16.7. The van der Waals surface area contributed by atoms with Gasteiger partial charge in [0, 0.05) is 21.9 Å². The fraction of sp³-hybridized carbons (Fsp3) is 0.857. The van der Waals surface area contributed by atoms with E-state index in [-0.39, 0.29) is 0 Å². The number of allylic oxidation sites excluding steroid dienone is 1. The molecule has 102 valence electrons. The van der Waals surface area contributed by atoms with E-state index in [1.54, 1.807) is 10.8 Å². The highest BCUT2D eigenvalue weighted by Gasteiger charge is 2.27. The third-order valence-corrected chi connectivity index (χ3v) is 7.08. The summed E-state index contributed by atoms with van der Waals surface area (Å²) in [7, 11) is 0.109. The van der Waals surface area contributed by atoms with Crippen molar-refractivity contribution >= 4 is 18.3 Å². The van der Waals surface area contributed by atoms with Crippen molar-refractivity contribution in [1.82, 2.24) is 5.32 Å². The first-order valence-corrected chi connectivity index (χ1v) is 11.7. The summed E-state index contributed by atoms with van der Waals surface area (Å²) in [5.41, 5.74) is 2.35. The first kappa shape index (κ1) is 17.1. The summed E-state index contributed by atoms with van der Waals surface area (Å²) < 4.78 is 0. The molecule has 0 radical (unpaired) electrons. The third kappa shape index (κ3) is 6.02. The zero-order chi connectivity index (χ0) is 13.6. The molecule has 0 aromatic carbocycles. The van der Waals surface area contributed by atoms with Crippen LogP contribution in [0.5, 0.6) is 0 Å². The van der Waals surface area contributed by atoms with Crippen LogP contribution in [0.4, 0.5) is 0 Å². The van der Waals surface area contributed by atoms with Gasteiger partial charge in [-0.25, -0.2) is 0 Å². The van der Waals surface area contributed by atoms with Crippen LogP contribution < -0.4 is 5.32 Å². The molecule has 0 rings (SSSR count). The Morgan fingerprint density at radius 3 is 2.00 bits per heavy atom. The molecule has 0 aliphatic carbocycles. The topological polar surface area (TPSA) is 12.0 Å². The normalized spacial score (nSPS) is 17.8. The van der Waals surface area contributed by atoms with Gasteiger partial charge in [-0.1, -0.05) is 50.7 Å². The molecule has 17 heavy (non-hydrogen) atoms. The lowest BCUT2D eigenvalue weighted by Gasteiger charge is -2.34. The number of hydrogen-bond donors (Lipinski definition) is 1. The third-order valence-electron chi connectivity index (χ3n) is 3.74. The molecule has 0 saturated carbocycles. The minimum Gasteiger partial charge on any atom is -0.310 e. The fourth-order valence-electron chi connectivity index (χ4n) is 2.20. The zero-order valence-corrected chi connectivity index (χ0v) is 16.3. The van der Waals surface area contributed by atoms with Crippen LogP contribution in [0.1, 0.15) is 47.0 Å². The van der Waals surface area contributed by atoms with Crippen LogP contribution in [-0.2, 0) is 0 Å². The number of rotatable bonds is 7. The van der Waals surface area contributed by atoms with E-state index in [1.165, 1.54) is 29.5 Å². The smallest absolute Gasteiger partial charge is 0.0635 e. The first-order chi connectivity index (χ1) is 7.73. The van der Waals surface area contributed by atoms with Gasteiger partial charge in [0.25, 0.3) is 0 Å². The van der Waals surface area contributed by atoms with Gasteiger partial charge in [-0.05, 0) is 26.7 Å². The quantitative estimate of drug-likeness (QED) is 0.702. The average Bonchev–Trinajstić information content (AvgIpc) is 2.21. The van der Waals surface area contributed by atoms with E-state index in [9.17, 15) is 0 Å². The van der Waals surface area contributed by atoms with Crippen molar-refractivity contribution in [2.45, 2.75) is 78.3 Å². The molecule has 3 heteroatoms. The summed E-state index contributed by atoms with van der Waals surface area (Å²) in [6.07, 6.45) is 3.84. The van der Waals surface area contributed by atoms with Gasteiger partial charge in [0.1, 0.15) is 0 Å². The molecule has 0 fully saturated rings. The minimum atomic E-state index is -1.09. The van der Waals surface area contributed by atoms with Gasteiger partial charge in [0.05, 0.1) is 8.07 Å². The standard InChI is InChI=1S/C14H33NSi2/c1-8-10-14(17(5,6)7)15-13(9-2)11(3)12(4)16/h13-15H,8-10H2,1-7,16H3. The van der Waals surface area contributed by atoms with Crippen LogP contribution in [0, 0.1) is 0 Å². The summed E-state index contributed by atoms with van der Waals surface area (Å²) >= 11 is 0. The predicted octanol–water partition coefficient (Wildman–Crippen LogP) is 3.06. The van der Waals surface area contributed by atoms with Crippen molar-refractivity contribution in [2.75, 3.05) is 0 Å². The Kier molecular flexibility index (Phi) is 7.60. The monoisotopic (exact) mass is 271 g/mol. The van der Waals surface area contributed by atoms with Crippen LogP contribution in [-0.4, -0.2) is 30.0 Å². The van der Waals surface area contributed by atoms with E-state index in [0.29, 0.717) is 6.04 Å². The molecule has 1 nitrogen and oxygen atoms in total. The molecule has 0 bridgehead atoms. The summed E-state index contributed by atoms with van der Waals surface area (Å²) in [4.78, 5) is 0. The number of hydrogen-bond acceptors (Lipinski definition) is 1. The first-order valence-electron chi connectivity index (χ1n) is 7.14. The molecule has 0 aromatic heterocycles. The SMILES string of the molecule is CCCC(NC(CC)C(C)=C(C)[SiH3])[Si](C)(C)C. The van der Waals surface area contributed by atoms with E-state index in [4.69, 9.17) is 0 Å². The van der Waals surface area contributed by atoms with E-state index >= 15 is 0 Å². The fourth-order valence-corrected chi connectivity index (χ4v) is 4.40. The van der Waals surface area contributed by atoms with Crippen molar-refractivity contribution in [1.29, 1.82) is 0 Å². The maximum atomic E-state index is 3.95. The van der Waals surface area contributed by atoms with E-state index in [0.717, 1.165) is 5.67 Å². The summed E-state index contributed by atoms with van der Waals surface area (Å²) in [5, 5.41) is 5.56. The van der Waals surface area contributed by atoms with Crippen molar-refractivity contribution in [3.8, 4) is 0 Å². The Balaban J connectivity index is 4.78. The largest absolute Gasteiger partial charge is 0.310 e. The van der Waals surface area contributed by atoms with E-state index in [1.807, 2.05) is 0 Å². The molecule has 0 saturated heterocycles. The van der Waals surface area contributed by atoms with Gasteiger partial charge in [-0.15, -0.1) is 0 Å². The molecule has 0 heterocycles. The van der Waals surface area contributed by atoms with Gasteiger partial charge in [-0.3, -0.25) is 0 Å². The molecule has 2 atom stereocenters. The van der Waals surface area contributed by atoms with Gasteiger partial charge >= 0.3 is 0 Å². The average molecular weight is 272 g/mol. The van der Waals surface area contributed by atoms with Gasteiger partial charge in [-0.2, -0.15) is 0 Å².